The Morgan fingerprint density at radius 3 is 2.63 bits per heavy atom. The predicted octanol–water partition coefficient (Wildman–Crippen LogP) is 2.21. The molecule has 1 aromatic carbocycles. The van der Waals surface area contributed by atoms with Crippen LogP contribution < -0.4 is 10.1 Å². The minimum absolute atomic E-state index is 0.113. The van der Waals surface area contributed by atoms with E-state index in [1.165, 1.54) is 0 Å². The Bertz CT molecular complexity index is 641. The van der Waals surface area contributed by atoms with Gasteiger partial charge in [-0.15, -0.1) is 0 Å². The fraction of sp³-hybridized carbons (Fsp3) is 0.400. The monoisotopic (exact) mass is 260 g/mol. The second kappa shape index (κ2) is 5.05. The highest BCUT2D eigenvalue weighted by molar-refractivity contribution is 6.12. The number of Topliss-reactive ketones (excluding diaryl/α,β-unsaturated/α-hetero) is 1. The molecule has 102 valence electrons. The second-order valence-corrected chi connectivity index (χ2v) is 4.78. The van der Waals surface area contributed by atoms with Gasteiger partial charge in [-0.05, 0) is 32.5 Å². The van der Waals surface area contributed by atoms with Crippen LogP contribution in [0.3, 0.4) is 0 Å². The van der Waals surface area contributed by atoms with Crippen LogP contribution in [-0.2, 0) is 7.05 Å². The summed E-state index contributed by atoms with van der Waals surface area (Å²) in [4.78, 5) is 12.3. The molecule has 0 atom stereocenters. The first-order valence-electron chi connectivity index (χ1n) is 6.33. The van der Waals surface area contributed by atoms with E-state index in [2.05, 4.69) is 5.32 Å². The zero-order valence-corrected chi connectivity index (χ0v) is 12.1. The van der Waals surface area contributed by atoms with Gasteiger partial charge in [-0.25, -0.2) is 0 Å². The number of rotatable bonds is 4. The maximum Gasteiger partial charge on any atom is 0.179 e. The second-order valence-electron chi connectivity index (χ2n) is 4.78. The summed E-state index contributed by atoms with van der Waals surface area (Å²) in [5.41, 5.74) is 3.85. The molecule has 0 aliphatic heterocycles. The lowest BCUT2D eigenvalue weighted by Crippen LogP contribution is -2.19. The Kier molecular flexibility index (Phi) is 3.62. The number of ketones is 1. The van der Waals surface area contributed by atoms with E-state index in [1.807, 2.05) is 37.6 Å². The van der Waals surface area contributed by atoms with Crippen LogP contribution in [0.2, 0.25) is 0 Å². The molecule has 2 rings (SSSR count). The smallest absolute Gasteiger partial charge is 0.179 e. The molecule has 0 amide bonds. The van der Waals surface area contributed by atoms with Gasteiger partial charge in [0, 0.05) is 23.7 Å². The van der Waals surface area contributed by atoms with E-state index in [9.17, 15) is 4.79 Å². The Labute approximate surface area is 113 Å². The Morgan fingerprint density at radius 2 is 2.05 bits per heavy atom. The quantitative estimate of drug-likeness (QED) is 0.857. The number of benzene rings is 1. The average Bonchev–Trinajstić information content (AvgIpc) is 2.65. The van der Waals surface area contributed by atoms with E-state index in [-0.39, 0.29) is 5.78 Å². The number of aryl methyl sites for hydroxylation is 2. The van der Waals surface area contributed by atoms with Crippen LogP contribution in [0.1, 0.15) is 21.6 Å². The van der Waals surface area contributed by atoms with Gasteiger partial charge in [0.05, 0.1) is 19.2 Å². The van der Waals surface area contributed by atoms with Crippen molar-refractivity contribution in [2.75, 3.05) is 20.7 Å². The van der Waals surface area contributed by atoms with Crippen molar-refractivity contribution in [3.05, 3.63) is 29.0 Å². The summed E-state index contributed by atoms with van der Waals surface area (Å²) < 4.78 is 7.46. The van der Waals surface area contributed by atoms with E-state index in [4.69, 9.17) is 4.74 Å². The molecule has 0 unspecified atom stereocenters. The Balaban J connectivity index is 2.85. The van der Waals surface area contributed by atoms with Crippen LogP contribution in [0.5, 0.6) is 5.75 Å². The van der Waals surface area contributed by atoms with E-state index >= 15 is 0 Å². The molecule has 1 N–H and O–H groups in total. The highest BCUT2D eigenvalue weighted by Crippen LogP contribution is 2.34. The Morgan fingerprint density at radius 1 is 1.37 bits per heavy atom. The van der Waals surface area contributed by atoms with Crippen molar-refractivity contribution in [1.29, 1.82) is 0 Å². The van der Waals surface area contributed by atoms with Gasteiger partial charge in [-0.3, -0.25) is 4.79 Å². The molecule has 2 aromatic rings. The molecule has 4 heteroatoms. The first kappa shape index (κ1) is 13.6. The molecule has 1 heterocycles. The van der Waals surface area contributed by atoms with E-state index < -0.39 is 0 Å². The first-order valence-corrected chi connectivity index (χ1v) is 6.33. The zero-order valence-electron chi connectivity index (χ0n) is 12.1. The standard InChI is InChI=1S/C15H20N2O2/c1-9-6-7-12(19-5)15-13(9)14(10(2)17(15)4)11(18)8-16-3/h6-7,16H,8H2,1-5H3. The third-order valence-electron chi connectivity index (χ3n) is 3.64. The summed E-state index contributed by atoms with van der Waals surface area (Å²) in [7, 11) is 5.41. The van der Waals surface area contributed by atoms with Crippen molar-refractivity contribution in [3.63, 3.8) is 0 Å². The van der Waals surface area contributed by atoms with Gasteiger partial charge >= 0.3 is 0 Å². The number of methoxy groups -OCH3 is 1. The molecule has 0 fully saturated rings. The third kappa shape index (κ3) is 2.02. The number of aromatic nitrogens is 1. The third-order valence-corrected chi connectivity index (χ3v) is 3.64. The minimum atomic E-state index is 0.113. The maximum atomic E-state index is 12.3. The first-order chi connectivity index (χ1) is 9.02. The SMILES string of the molecule is CNCC(=O)c1c(C)n(C)c2c(OC)ccc(C)c12. The number of nitrogens with one attached hydrogen (secondary N) is 1. The molecule has 0 aliphatic rings. The lowest BCUT2D eigenvalue weighted by atomic mass is 10.0. The number of hydrogen-bond acceptors (Lipinski definition) is 3. The van der Waals surface area contributed by atoms with Gasteiger partial charge in [0.25, 0.3) is 0 Å². The Hall–Kier alpha value is -1.81. The minimum Gasteiger partial charge on any atom is -0.495 e. The predicted molar refractivity (Wildman–Crippen MR) is 77.2 cm³/mol. The molecule has 0 saturated heterocycles. The van der Waals surface area contributed by atoms with Crippen LogP contribution in [0.15, 0.2) is 12.1 Å². The average molecular weight is 260 g/mol. The zero-order chi connectivity index (χ0) is 14.2. The van der Waals surface area contributed by atoms with Gasteiger partial charge < -0.3 is 14.6 Å². The fourth-order valence-electron chi connectivity index (χ4n) is 2.59. The molecular weight excluding hydrogens is 240 g/mol. The summed E-state index contributed by atoms with van der Waals surface area (Å²) in [6, 6.07) is 3.94. The molecule has 1 aromatic heterocycles. The number of carbonyl (C=O) groups is 1. The summed E-state index contributed by atoms with van der Waals surface area (Å²) >= 11 is 0. The van der Waals surface area contributed by atoms with Gasteiger partial charge in [-0.2, -0.15) is 0 Å². The number of fused-ring (bicyclic) bond motifs is 1. The summed E-state index contributed by atoms with van der Waals surface area (Å²) in [6.07, 6.45) is 0. The molecule has 0 radical (unpaired) electrons. The highest BCUT2D eigenvalue weighted by atomic mass is 16.5. The normalized spacial score (nSPS) is 11.0. The molecular formula is C15H20N2O2. The van der Waals surface area contributed by atoms with Gasteiger partial charge in [-0.1, -0.05) is 6.07 Å². The van der Waals surface area contributed by atoms with E-state index in [0.29, 0.717) is 6.54 Å². The van der Waals surface area contributed by atoms with Crippen LogP contribution in [0, 0.1) is 13.8 Å². The van der Waals surface area contributed by atoms with Crippen molar-refractivity contribution in [1.82, 2.24) is 9.88 Å². The lowest BCUT2D eigenvalue weighted by Gasteiger charge is -2.07. The lowest BCUT2D eigenvalue weighted by molar-refractivity contribution is 0.0994. The van der Waals surface area contributed by atoms with Crippen LogP contribution in [0.4, 0.5) is 0 Å². The number of hydrogen-bond donors (Lipinski definition) is 1. The van der Waals surface area contributed by atoms with Crippen LogP contribution in [-0.4, -0.2) is 31.1 Å². The molecule has 0 aliphatic carbocycles. The number of nitrogens with zero attached hydrogens (tertiary/aromatic N) is 1. The van der Waals surface area contributed by atoms with Crippen molar-refractivity contribution < 1.29 is 9.53 Å². The topological polar surface area (TPSA) is 43.3 Å². The molecule has 4 nitrogen and oxygen atoms in total. The van der Waals surface area contributed by atoms with Gasteiger partial charge in [0.2, 0.25) is 0 Å². The van der Waals surface area contributed by atoms with Gasteiger partial charge in [0.15, 0.2) is 5.78 Å². The molecule has 0 spiro atoms. The summed E-state index contributed by atoms with van der Waals surface area (Å²) in [5, 5.41) is 3.92. The molecule has 19 heavy (non-hydrogen) atoms. The van der Waals surface area contributed by atoms with E-state index in [1.54, 1.807) is 14.2 Å². The van der Waals surface area contributed by atoms with Crippen molar-refractivity contribution in [3.8, 4) is 5.75 Å². The van der Waals surface area contributed by atoms with Gasteiger partial charge in [0.1, 0.15) is 5.75 Å². The number of ether oxygens (including phenoxy) is 1. The van der Waals surface area contributed by atoms with Crippen molar-refractivity contribution in [2.45, 2.75) is 13.8 Å². The maximum absolute atomic E-state index is 12.3. The van der Waals surface area contributed by atoms with Crippen LogP contribution in [0.25, 0.3) is 10.9 Å². The number of carbonyl (C=O) groups excluding carboxylic acids is 1. The van der Waals surface area contributed by atoms with Crippen LogP contribution >= 0.6 is 0 Å². The van der Waals surface area contributed by atoms with E-state index in [0.717, 1.165) is 33.5 Å². The number of likely N-dealkylation sites (N-methyl/N-ethyl adjacent to an activating group) is 1. The molecule has 0 saturated carbocycles. The summed E-state index contributed by atoms with van der Waals surface area (Å²) in [6.45, 7) is 4.34. The van der Waals surface area contributed by atoms with Crippen molar-refractivity contribution >= 4 is 16.7 Å². The fourth-order valence-corrected chi connectivity index (χ4v) is 2.59. The molecule has 0 bridgehead atoms. The highest BCUT2D eigenvalue weighted by Gasteiger charge is 2.21. The summed E-state index contributed by atoms with van der Waals surface area (Å²) in [5.74, 6) is 0.914. The largest absolute Gasteiger partial charge is 0.495 e. The van der Waals surface area contributed by atoms with Crippen molar-refractivity contribution in [2.24, 2.45) is 7.05 Å².